The average Bonchev–Trinajstić information content (AvgIpc) is 2.81. The number of halogens is 3. The van der Waals surface area contributed by atoms with Gasteiger partial charge in [0.05, 0.1) is 6.54 Å². The minimum atomic E-state index is -4.43. The molecule has 8 heteroatoms. The molecule has 0 saturated heterocycles. The van der Waals surface area contributed by atoms with Gasteiger partial charge in [-0.05, 0) is 19.9 Å². The highest BCUT2D eigenvalue weighted by Crippen LogP contribution is 2.29. The van der Waals surface area contributed by atoms with Gasteiger partial charge in [-0.1, -0.05) is 6.92 Å². The molecule has 114 valence electrons. The van der Waals surface area contributed by atoms with E-state index in [1.807, 2.05) is 0 Å². The number of alkyl halides is 3. The Morgan fingerprint density at radius 2 is 2.05 bits per heavy atom. The van der Waals surface area contributed by atoms with Crippen LogP contribution in [0.3, 0.4) is 0 Å². The predicted molar refractivity (Wildman–Crippen MR) is 68.1 cm³/mol. The zero-order chi connectivity index (χ0) is 14.8. The first-order valence-electron chi connectivity index (χ1n) is 6.87. The summed E-state index contributed by atoms with van der Waals surface area (Å²) in [5, 5.41) is 10.3. The lowest BCUT2D eigenvalue weighted by molar-refractivity contribution is -0.148. The van der Waals surface area contributed by atoms with Crippen molar-refractivity contribution in [3.05, 3.63) is 11.6 Å². The Labute approximate surface area is 116 Å². The van der Waals surface area contributed by atoms with Crippen molar-refractivity contribution in [3.63, 3.8) is 0 Å². The van der Waals surface area contributed by atoms with Crippen LogP contribution in [0.15, 0.2) is 0 Å². The summed E-state index contributed by atoms with van der Waals surface area (Å²) in [6.07, 6.45) is -3.36. The summed E-state index contributed by atoms with van der Waals surface area (Å²) in [5.41, 5.74) is 0. The Bertz CT molecular complexity index is 443. The number of rotatable bonds is 5. The van der Waals surface area contributed by atoms with Crippen LogP contribution in [0.5, 0.6) is 0 Å². The van der Waals surface area contributed by atoms with Gasteiger partial charge in [0.2, 0.25) is 5.82 Å². The first-order chi connectivity index (χ1) is 9.43. The Morgan fingerprint density at radius 3 is 2.70 bits per heavy atom. The second-order valence-electron chi connectivity index (χ2n) is 5.11. The van der Waals surface area contributed by atoms with E-state index in [0.717, 1.165) is 19.5 Å². The molecule has 0 fully saturated rings. The number of nitrogens with zero attached hydrogens (tertiary/aromatic N) is 4. The van der Waals surface area contributed by atoms with E-state index in [1.165, 1.54) is 4.57 Å². The molecule has 2 rings (SSSR count). The van der Waals surface area contributed by atoms with Crippen molar-refractivity contribution in [1.29, 1.82) is 0 Å². The van der Waals surface area contributed by atoms with Crippen LogP contribution in [0, 0.1) is 0 Å². The van der Waals surface area contributed by atoms with E-state index in [-0.39, 0.29) is 12.6 Å². The third-order valence-corrected chi connectivity index (χ3v) is 3.53. The summed E-state index contributed by atoms with van der Waals surface area (Å²) in [6.45, 7) is 7.23. The molecular weight excluding hydrogens is 271 g/mol. The first kappa shape index (κ1) is 15.2. The summed E-state index contributed by atoms with van der Waals surface area (Å²) in [4.78, 5) is 2.13. The van der Waals surface area contributed by atoms with Crippen molar-refractivity contribution in [2.24, 2.45) is 0 Å². The molecule has 20 heavy (non-hydrogen) atoms. The number of fused-ring (bicyclic) bond motifs is 1. The van der Waals surface area contributed by atoms with Crippen LogP contribution in [0.1, 0.15) is 31.9 Å². The summed E-state index contributed by atoms with van der Waals surface area (Å²) >= 11 is 0. The Kier molecular flexibility index (Phi) is 4.64. The predicted octanol–water partition coefficient (Wildman–Crippen LogP) is 1.50. The van der Waals surface area contributed by atoms with Gasteiger partial charge in [0.15, 0.2) is 0 Å². The fourth-order valence-corrected chi connectivity index (χ4v) is 2.38. The number of hydrogen-bond donors (Lipinski definition) is 1. The van der Waals surface area contributed by atoms with Crippen LogP contribution in [-0.4, -0.2) is 45.3 Å². The van der Waals surface area contributed by atoms with Gasteiger partial charge < -0.3 is 9.88 Å². The van der Waals surface area contributed by atoms with Gasteiger partial charge >= 0.3 is 6.18 Å². The van der Waals surface area contributed by atoms with Gasteiger partial charge in [-0.25, -0.2) is 0 Å². The highest BCUT2D eigenvalue weighted by molar-refractivity contribution is 5.02. The third-order valence-electron chi connectivity index (χ3n) is 3.53. The van der Waals surface area contributed by atoms with E-state index in [0.29, 0.717) is 18.9 Å². The quantitative estimate of drug-likeness (QED) is 0.835. The molecule has 1 unspecified atom stereocenters. The second kappa shape index (κ2) is 6.09. The van der Waals surface area contributed by atoms with Gasteiger partial charge in [-0.2, -0.15) is 13.2 Å². The van der Waals surface area contributed by atoms with E-state index in [1.54, 1.807) is 0 Å². The number of hydrogen-bond acceptors (Lipinski definition) is 4. The van der Waals surface area contributed by atoms with Crippen molar-refractivity contribution in [3.8, 4) is 0 Å². The van der Waals surface area contributed by atoms with E-state index >= 15 is 0 Å². The van der Waals surface area contributed by atoms with Crippen LogP contribution in [0.25, 0.3) is 0 Å². The molecule has 0 bridgehead atoms. The largest absolute Gasteiger partial charge is 0.451 e. The Hall–Kier alpha value is -1.15. The van der Waals surface area contributed by atoms with Gasteiger partial charge in [0, 0.05) is 25.7 Å². The molecule has 1 aromatic rings. The smallest absolute Gasteiger partial charge is 0.315 e. The molecule has 5 nitrogen and oxygen atoms in total. The lowest BCUT2D eigenvalue weighted by Crippen LogP contribution is -2.45. The summed E-state index contributed by atoms with van der Waals surface area (Å²) < 4.78 is 39.4. The SMILES string of the molecule is CCCNCC(C)N1CCn2c(nnc2C(F)(F)F)C1. The highest BCUT2D eigenvalue weighted by atomic mass is 19.4. The molecular formula is C12H20F3N5. The lowest BCUT2D eigenvalue weighted by atomic mass is 10.2. The molecule has 1 aliphatic rings. The Morgan fingerprint density at radius 1 is 1.30 bits per heavy atom. The zero-order valence-electron chi connectivity index (χ0n) is 11.7. The van der Waals surface area contributed by atoms with Crippen LogP contribution in [0.2, 0.25) is 0 Å². The van der Waals surface area contributed by atoms with E-state index in [9.17, 15) is 13.2 Å². The van der Waals surface area contributed by atoms with Crippen molar-refractivity contribution >= 4 is 0 Å². The number of nitrogens with one attached hydrogen (secondary N) is 1. The molecule has 0 spiro atoms. The van der Waals surface area contributed by atoms with Crippen LogP contribution < -0.4 is 5.32 Å². The van der Waals surface area contributed by atoms with Crippen molar-refractivity contribution in [2.45, 2.75) is 45.6 Å². The number of aromatic nitrogens is 3. The molecule has 0 aromatic carbocycles. The van der Waals surface area contributed by atoms with Crippen LogP contribution in [-0.2, 0) is 19.3 Å². The topological polar surface area (TPSA) is 46.0 Å². The fourth-order valence-electron chi connectivity index (χ4n) is 2.38. The maximum absolute atomic E-state index is 12.7. The van der Waals surface area contributed by atoms with Crippen molar-refractivity contribution < 1.29 is 13.2 Å². The van der Waals surface area contributed by atoms with Gasteiger partial charge in [-0.15, -0.1) is 10.2 Å². The normalized spacial score (nSPS) is 18.1. The van der Waals surface area contributed by atoms with Crippen LogP contribution >= 0.6 is 0 Å². The molecule has 0 amide bonds. The fraction of sp³-hybridized carbons (Fsp3) is 0.833. The molecule has 0 aliphatic carbocycles. The molecule has 2 heterocycles. The minimum Gasteiger partial charge on any atom is -0.315 e. The molecule has 1 aliphatic heterocycles. The van der Waals surface area contributed by atoms with E-state index in [4.69, 9.17) is 0 Å². The summed E-state index contributed by atoms with van der Waals surface area (Å²) in [6, 6.07) is 0.265. The highest BCUT2D eigenvalue weighted by Gasteiger charge is 2.39. The summed E-state index contributed by atoms with van der Waals surface area (Å²) in [5.74, 6) is -0.491. The maximum atomic E-state index is 12.7. The monoisotopic (exact) mass is 291 g/mol. The molecule has 0 radical (unpaired) electrons. The summed E-state index contributed by atoms with van der Waals surface area (Å²) in [7, 11) is 0. The van der Waals surface area contributed by atoms with Gasteiger partial charge in [0.1, 0.15) is 5.82 Å². The first-order valence-corrected chi connectivity index (χ1v) is 6.87. The molecule has 1 atom stereocenters. The van der Waals surface area contributed by atoms with E-state index < -0.39 is 12.0 Å². The van der Waals surface area contributed by atoms with Gasteiger partial charge in [0.25, 0.3) is 0 Å². The Balaban J connectivity index is 2.00. The molecule has 1 aromatic heterocycles. The van der Waals surface area contributed by atoms with Gasteiger partial charge in [-0.3, -0.25) is 4.90 Å². The zero-order valence-corrected chi connectivity index (χ0v) is 11.7. The average molecular weight is 291 g/mol. The maximum Gasteiger partial charge on any atom is 0.451 e. The minimum absolute atomic E-state index is 0.265. The second-order valence-corrected chi connectivity index (χ2v) is 5.11. The van der Waals surface area contributed by atoms with Crippen LogP contribution in [0.4, 0.5) is 13.2 Å². The van der Waals surface area contributed by atoms with Crippen molar-refractivity contribution in [2.75, 3.05) is 19.6 Å². The van der Waals surface area contributed by atoms with E-state index in [2.05, 4.69) is 34.3 Å². The third kappa shape index (κ3) is 3.29. The molecule has 0 saturated carbocycles. The molecule has 1 N–H and O–H groups in total. The van der Waals surface area contributed by atoms with Crippen molar-refractivity contribution in [1.82, 2.24) is 25.0 Å². The standard InChI is InChI=1S/C12H20F3N5/c1-3-4-16-7-9(2)19-5-6-20-10(8-19)17-18-11(20)12(13,14)15/h9,16H,3-8H2,1-2H3. The lowest BCUT2D eigenvalue weighted by Gasteiger charge is -2.33.